The van der Waals surface area contributed by atoms with Gasteiger partial charge in [-0.2, -0.15) is 4.98 Å². The normalized spacial score (nSPS) is 35.0. The summed E-state index contributed by atoms with van der Waals surface area (Å²) >= 11 is 0. The zero-order valence-electron chi connectivity index (χ0n) is 15.9. The summed E-state index contributed by atoms with van der Waals surface area (Å²) in [5.41, 5.74) is 1.30. The molecule has 4 bridgehead atoms. The van der Waals surface area contributed by atoms with Crippen molar-refractivity contribution in [1.29, 1.82) is 0 Å². The Kier molecular flexibility index (Phi) is 3.62. The number of anilines is 2. The van der Waals surface area contributed by atoms with Crippen molar-refractivity contribution >= 4 is 22.7 Å². The van der Waals surface area contributed by atoms with Crippen LogP contribution in [-0.4, -0.2) is 41.8 Å². The monoisotopic (exact) mass is 364 g/mol. The molecule has 0 atom stereocenters. The number of morpholine rings is 1. The highest BCUT2D eigenvalue weighted by atomic mass is 16.5. The van der Waals surface area contributed by atoms with Crippen LogP contribution in [0.15, 0.2) is 24.3 Å². The van der Waals surface area contributed by atoms with Crippen LogP contribution in [0.1, 0.15) is 38.5 Å². The van der Waals surface area contributed by atoms with E-state index in [0.717, 1.165) is 66.7 Å². The predicted molar refractivity (Wildman–Crippen MR) is 107 cm³/mol. The molecule has 142 valence electrons. The first-order chi connectivity index (χ1) is 13.3. The third-order valence-corrected chi connectivity index (χ3v) is 7.31. The maximum Gasteiger partial charge on any atom is 0.228 e. The Balaban J connectivity index is 1.39. The van der Waals surface area contributed by atoms with E-state index < -0.39 is 0 Å². The fourth-order valence-electron chi connectivity index (χ4n) is 6.58. The molecule has 5 fully saturated rings. The Morgan fingerprint density at radius 3 is 2.30 bits per heavy atom. The molecule has 4 saturated carbocycles. The molecule has 5 aliphatic rings. The van der Waals surface area contributed by atoms with Gasteiger partial charge >= 0.3 is 0 Å². The molecular weight excluding hydrogens is 336 g/mol. The second kappa shape index (κ2) is 6.06. The predicted octanol–water partition coefficient (Wildman–Crippen LogP) is 3.85. The molecule has 1 aromatic carbocycles. The largest absolute Gasteiger partial charge is 0.378 e. The molecule has 1 aliphatic heterocycles. The number of para-hydroxylation sites is 1. The lowest BCUT2D eigenvalue weighted by atomic mass is 9.53. The lowest BCUT2D eigenvalue weighted by molar-refractivity contribution is 0.0106. The number of aromatic nitrogens is 2. The number of benzene rings is 1. The number of hydrogen-bond acceptors (Lipinski definition) is 5. The van der Waals surface area contributed by atoms with Crippen LogP contribution in [0, 0.1) is 17.8 Å². The number of nitrogens with one attached hydrogen (secondary N) is 1. The van der Waals surface area contributed by atoms with Crippen molar-refractivity contribution in [3.8, 4) is 0 Å². The van der Waals surface area contributed by atoms with Crippen molar-refractivity contribution in [3.05, 3.63) is 24.3 Å². The topological polar surface area (TPSA) is 50.3 Å². The van der Waals surface area contributed by atoms with Gasteiger partial charge < -0.3 is 15.0 Å². The lowest BCUT2D eigenvalue weighted by Gasteiger charge is -2.57. The second-order valence-electron chi connectivity index (χ2n) is 9.31. The summed E-state index contributed by atoms with van der Waals surface area (Å²) in [5, 5.41) is 5.16. The maximum absolute atomic E-state index is 5.52. The summed E-state index contributed by atoms with van der Waals surface area (Å²) in [7, 11) is 0. The van der Waals surface area contributed by atoms with Crippen LogP contribution >= 0.6 is 0 Å². The SMILES string of the molecule is c1ccc2c(NC34CC5CC(CC(C5)C3)C4)nc(N3CCOCC3)nc2c1. The Labute approximate surface area is 160 Å². The van der Waals surface area contributed by atoms with Gasteiger partial charge in [-0.25, -0.2) is 4.98 Å². The number of fused-ring (bicyclic) bond motifs is 1. The molecule has 5 heteroatoms. The van der Waals surface area contributed by atoms with Gasteiger partial charge in [-0.15, -0.1) is 0 Å². The molecule has 5 nitrogen and oxygen atoms in total. The standard InChI is InChI=1S/C22H28N4O/c1-2-4-19-18(3-1)20(24-21(23-19)26-5-7-27-8-6-26)25-22-12-15-9-16(13-22)11-17(10-15)14-22/h1-4,15-17H,5-14H2,(H,23,24,25). The van der Waals surface area contributed by atoms with Crippen LogP contribution in [0.3, 0.4) is 0 Å². The molecule has 2 heterocycles. The number of hydrogen-bond donors (Lipinski definition) is 1. The molecule has 0 spiro atoms. The summed E-state index contributed by atoms with van der Waals surface area (Å²) in [4.78, 5) is 12.2. The average Bonchev–Trinajstić information content (AvgIpc) is 2.67. The summed E-state index contributed by atoms with van der Waals surface area (Å²) < 4.78 is 5.52. The lowest BCUT2D eigenvalue weighted by Crippen LogP contribution is -2.55. The van der Waals surface area contributed by atoms with Gasteiger partial charge in [-0.3, -0.25) is 0 Å². The third-order valence-electron chi connectivity index (χ3n) is 7.31. The van der Waals surface area contributed by atoms with Crippen LogP contribution < -0.4 is 10.2 Å². The molecule has 2 aromatic rings. The van der Waals surface area contributed by atoms with E-state index in [9.17, 15) is 0 Å². The van der Waals surface area contributed by atoms with E-state index in [2.05, 4.69) is 34.5 Å². The minimum atomic E-state index is 0.258. The Bertz CT molecular complexity index is 825. The summed E-state index contributed by atoms with van der Waals surface area (Å²) in [6.07, 6.45) is 8.36. The fraction of sp³-hybridized carbons (Fsp3) is 0.636. The number of rotatable bonds is 3. The van der Waals surface area contributed by atoms with Gasteiger partial charge in [-0.05, 0) is 68.4 Å². The highest BCUT2D eigenvalue weighted by Crippen LogP contribution is 2.56. The van der Waals surface area contributed by atoms with Crippen LogP contribution in [0.4, 0.5) is 11.8 Å². The van der Waals surface area contributed by atoms with Crippen molar-refractivity contribution < 1.29 is 4.74 Å². The van der Waals surface area contributed by atoms with Gasteiger partial charge in [-0.1, -0.05) is 12.1 Å². The minimum Gasteiger partial charge on any atom is -0.378 e. The maximum atomic E-state index is 5.52. The fourth-order valence-corrected chi connectivity index (χ4v) is 6.58. The quantitative estimate of drug-likeness (QED) is 0.897. The molecule has 1 aromatic heterocycles. The average molecular weight is 364 g/mol. The van der Waals surface area contributed by atoms with Gasteiger partial charge in [0.1, 0.15) is 5.82 Å². The summed E-state index contributed by atoms with van der Waals surface area (Å²) in [5.74, 6) is 4.68. The highest BCUT2D eigenvalue weighted by Gasteiger charge is 2.51. The van der Waals surface area contributed by atoms with Crippen molar-refractivity contribution in [2.75, 3.05) is 36.5 Å². The molecule has 0 unspecified atom stereocenters. The van der Waals surface area contributed by atoms with Gasteiger partial charge in [0.2, 0.25) is 5.95 Å². The number of ether oxygens (including phenoxy) is 1. The molecule has 1 saturated heterocycles. The van der Waals surface area contributed by atoms with Gasteiger partial charge in [0.15, 0.2) is 0 Å². The van der Waals surface area contributed by atoms with E-state index in [1.807, 2.05) is 0 Å². The van der Waals surface area contributed by atoms with E-state index >= 15 is 0 Å². The van der Waals surface area contributed by atoms with Crippen molar-refractivity contribution in [3.63, 3.8) is 0 Å². The highest BCUT2D eigenvalue weighted by molar-refractivity contribution is 5.90. The van der Waals surface area contributed by atoms with E-state index in [1.165, 1.54) is 38.5 Å². The van der Waals surface area contributed by atoms with Crippen molar-refractivity contribution in [1.82, 2.24) is 9.97 Å². The number of nitrogens with zero attached hydrogens (tertiary/aromatic N) is 3. The molecule has 0 amide bonds. The summed E-state index contributed by atoms with van der Waals surface area (Å²) in [6, 6.07) is 8.46. The van der Waals surface area contributed by atoms with Crippen molar-refractivity contribution in [2.24, 2.45) is 17.8 Å². The first kappa shape index (κ1) is 16.1. The first-order valence-corrected chi connectivity index (χ1v) is 10.6. The van der Waals surface area contributed by atoms with Gasteiger partial charge in [0.05, 0.1) is 18.7 Å². The van der Waals surface area contributed by atoms with Crippen LogP contribution in [-0.2, 0) is 4.74 Å². The zero-order valence-corrected chi connectivity index (χ0v) is 15.9. The van der Waals surface area contributed by atoms with Crippen LogP contribution in [0.2, 0.25) is 0 Å². The Hall–Kier alpha value is -1.88. The van der Waals surface area contributed by atoms with Crippen LogP contribution in [0.5, 0.6) is 0 Å². The first-order valence-electron chi connectivity index (χ1n) is 10.6. The molecule has 7 rings (SSSR count). The molecule has 27 heavy (non-hydrogen) atoms. The van der Waals surface area contributed by atoms with E-state index in [1.54, 1.807) is 0 Å². The Morgan fingerprint density at radius 1 is 0.926 bits per heavy atom. The van der Waals surface area contributed by atoms with Crippen LogP contribution in [0.25, 0.3) is 10.9 Å². The minimum absolute atomic E-state index is 0.258. The second-order valence-corrected chi connectivity index (χ2v) is 9.31. The van der Waals surface area contributed by atoms with E-state index in [4.69, 9.17) is 14.7 Å². The third kappa shape index (κ3) is 2.78. The van der Waals surface area contributed by atoms with Gasteiger partial charge in [0.25, 0.3) is 0 Å². The molecule has 0 radical (unpaired) electrons. The van der Waals surface area contributed by atoms with E-state index in [-0.39, 0.29) is 5.54 Å². The zero-order chi connectivity index (χ0) is 17.8. The molecular formula is C22H28N4O. The van der Waals surface area contributed by atoms with Gasteiger partial charge in [0, 0.05) is 24.0 Å². The smallest absolute Gasteiger partial charge is 0.228 e. The summed E-state index contributed by atoms with van der Waals surface area (Å²) in [6.45, 7) is 3.26. The molecule has 4 aliphatic carbocycles. The van der Waals surface area contributed by atoms with Crippen molar-refractivity contribution in [2.45, 2.75) is 44.1 Å². The molecule has 1 N–H and O–H groups in total. The van der Waals surface area contributed by atoms with E-state index in [0.29, 0.717) is 0 Å². The Morgan fingerprint density at radius 2 is 1.59 bits per heavy atom.